The van der Waals surface area contributed by atoms with Crippen LogP contribution in [0.5, 0.6) is 5.75 Å². The van der Waals surface area contributed by atoms with E-state index < -0.39 is 0 Å². The molecule has 0 fully saturated rings. The van der Waals surface area contributed by atoms with Crippen LogP contribution in [-0.4, -0.2) is 22.5 Å². The summed E-state index contributed by atoms with van der Waals surface area (Å²) in [5, 5.41) is 3.80. The van der Waals surface area contributed by atoms with E-state index in [4.69, 9.17) is 4.74 Å². The fraction of sp³-hybridized carbons (Fsp3) is 0.250. The van der Waals surface area contributed by atoms with Crippen molar-refractivity contribution in [3.05, 3.63) is 64.4 Å². The maximum absolute atomic E-state index is 12.1. The largest absolute Gasteiger partial charge is 0.484 e. The third kappa shape index (κ3) is 4.46. The Labute approximate surface area is 157 Å². The van der Waals surface area contributed by atoms with Gasteiger partial charge in [-0.05, 0) is 56.2 Å². The number of ether oxygens (including phenoxy) is 1. The number of benzene rings is 1. The topological polar surface area (TPSA) is 64.1 Å². The molecule has 26 heavy (non-hydrogen) atoms. The summed E-state index contributed by atoms with van der Waals surface area (Å²) in [6.45, 7) is 6.45. The first-order valence-electron chi connectivity index (χ1n) is 8.36. The number of thiazole rings is 1. The Hall–Kier alpha value is -2.73. The van der Waals surface area contributed by atoms with Gasteiger partial charge in [-0.1, -0.05) is 6.07 Å². The van der Waals surface area contributed by atoms with Gasteiger partial charge in [-0.3, -0.25) is 9.78 Å². The molecule has 134 valence electrons. The zero-order chi connectivity index (χ0) is 18.5. The fourth-order valence-electron chi connectivity index (χ4n) is 2.39. The molecule has 0 atom stereocenters. The summed E-state index contributed by atoms with van der Waals surface area (Å²) in [7, 11) is 0. The highest BCUT2D eigenvalue weighted by Gasteiger charge is 2.11. The number of rotatable bonds is 6. The van der Waals surface area contributed by atoms with Crippen LogP contribution >= 0.6 is 11.3 Å². The van der Waals surface area contributed by atoms with Gasteiger partial charge in [0.15, 0.2) is 6.61 Å². The highest BCUT2D eigenvalue weighted by molar-refractivity contribution is 7.15. The summed E-state index contributed by atoms with van der Waals surface area (Å²) in [6, 6.07) is 9.67. The Bertz CT molecular complexity index is 907. The standard InChI is InChI=1S/C20H21N3O2S/c1-13-6-7-17(9-14(13)2)25-12-19(24)22-11-18-15(3)23-20(26-18)16-5-4-8-21-10-16/h4-10H,11-12H2,1-3H3,(H,22,24). The van der Waals surface area contributed by atoms with Crippen molar-refractivity contribution in [3.63, 3.8) is 0 Å². The van der Waals surface area contributed by atoms with Crippen LogP contribution < -0.4 is 10.1 Å². The maximum Gasteiger partial charge on any atom is 0.258 e. The van der Waals surface area contributed by atoms with E-state index in [1.54, 1.807) is 23.7 Å². The molecule has 0 aliphatic heterocycles. The van der Waals surface area contributed by atoms with Crippen LogP contribution in [-0.2, 0) is 11.3 Å². The van der Waals surface area contributed by atoms with E-state index in [0.717, 1.165) is 26.7 Å². The summed E-state index contributed by atoms with van der Waals surface area (Å²) < 4.78 is 5.56. The molecule has 0 aliphatic rings. The van der Waals surface area contributed by atoms with E-state index in [-0.39, 0.29) is 12.5 Å². The lowest BCUT2D eigenvalue weighted by Crippen LogP contribution is -2.28. The maximum atomic E-state index is 12.1. The lowest BCUT2D eigenvalue weighted by atomic mass is 10.1. The van der Waals surface area contributed by atoms with Crippen molar-refractivity contribution >= 4 is 17.2 Å². The molecule has 0 saturated carbocycles. The number of aryl methyl sites for hydroxylation is 3. The molecule has 2 heterocycles. The molecular weight excluding hydrogens is 346 g/mol. The molecule has 0 aliphatic carbocycles. The molecule has 5 nitrogen and oxygen atoms in total. The van der Waals surface area contributed by atoms with Gasteiger partial charge in [-0.2, -0.15) is 0 Å². The fourth-order valence-corrected chi connectivity index (χ4v) is 3.38. The van der Waals surface area contributed by atoms with Crippen LogP contribution in [0.3, 0.4) is 0 Å². The normalized spacial score (nSPS) is 10.6. The van der Waals surface area contributed by atoms with Crippen molar-refractivity contribution in [1.82, 2.24) is 15.3 Å². The quantitative estimate of drug-likeness (QED) is 0.719. The van der Waals surface area contributed by atoms with Gasteiger partial charge in [-0.25, -0.2) is 4.98 Å². The minimum absolute atomic E-state index is 0.00415. The number of carbonyl (C=O) groups excluding carboxylic acids is 1. The monoisotopic (exact) mass is 367 g/mol. The van der Waals surface area contributed by atoms with Gasteiger partial charge < -0.3 is 10.1 Å². The zero-order valence-electron chi connectivity index (χ0n) is 15.1. The smallest absolute Gasteiger partial charge is 0.258 e. The first kappa shape index (κ1) is 18.1. The molecule has 3 aromatic rings. The van der Waals surface area contributed by atoms with Crippen molar-refractivity contribution in [3.8, 4) is 16.3 Å². The van der Waals surface area contributed by atoms with E-state index in [0.29, 0.717) is 12.3 Å². The molecule has 0 unspecified atom stereocenters. The Balaban J connectivity index is 1.54. The lowest BCUT2D eigenvalue weighted by molar-refractivity contribution is -0.123. The van der Waals surface area contributed by atoms with Crippen LogP contribution in [0.4, 0.5) is 0 Å². The summed E-state index contributed by atoms with van der Waals surface area (Å²) in [6.07, 6.45) is 3.53. The minimum atomic E-state index is -0.154. The van der Waals surface area contributed by atoms with Gasteiger partial charge in [0.1, 0.15) is 10.8 Å². The molecule has 2 aromatic heterocycles. The second-order valence-corrected chi connectivity index (χ2v) is 7.16. The third-order valence-corrected chi connectivity index (χ3v) is 5.30. The van der Waals surface area contributed by atoms with Crippen molar-refractivity contribution in [2.45, 2.75) is 27.3 Å². The second kappa shape index (κ2) is 8.10. The van der Waals surface area contributed by atoms with E-state index in [9.17, 15) is 4.79 Å². The number of pyridine rings is 1. The van der Waals surface area contributed by atoms with Gasteiger partial charge in [0, 0.05) is 22.8 Å². The van der Waals surface area contributed by atoms with Crippen LogP contribution in [0, 0.1) is 20.8 Å². The lowest BCUT2D eigenvalue weighted by Gasteiger charge is -2.08. The van der Waals surface area contributed by atoms with Crippen LogP contribution in [0.1, 0.15) is 21.7 Å². The Morgan fingerprint density at radius 2 is 2.04 bits per heavy atom. The van der Waals surface area contributed by atoms with Crippen molar-refractivity contribution < 1.29 is 9.53 Å². The van der Waals surface area contributed by atoms with Crippen molar-refractivity contribution in [2.75, 3.05) is 6.61 Å². The average molecular weight is 367 g/mol. The first-order chi connectivity index (χ1) is 12.5. The number of hydrogen-bond acceptors (Lipinski definition) is 5. The van der Waals surface area contributed by atoms with Crippen LogP contribution in [0.2, 0.25) is 0 Å². The number of carbonyl (C=O) groups is 1. The number of nitrogens with one attached hydrogen (secondary N) is 1. The minimum Gasteiger partial charge on any atom is -0.484 e. The van der Waals surface area contributed by atoms with E-state index in [1.165, 1.54) is 5.56 Å². The molecule has 1 aromatic carbocycles. The van der Waals surface area contributed by atoms with Gasteiger partial charge in [0.05, 0.1) is 12.2 Å². The number of aromatic nitrogens is 2. The molecule has 6 heteroatoms. The molecule has 3 rings (SSSR count). The van der Waals surface area contributed by atoms with Gasteiger partial charge in [0.2, 0.25) is 0 Å². The van der Waals surface area contributed by atoms with Gasteiger partial charge in [0.25, 0.3) is 5.91 Å². The number of nitrogens with zero attached hydrogens (tertiary/aromatic N) is 2. The molecule has 0 radical (unpaired) electrons. The molecule has 1 N–H and O–H groups in total. The Morgan fingerprint density at radius 1 is 1.19 bits per heavy atom. The van der Waals surface area contributed by atoms with Crippen LogP contribution in [0.25, 0.3) is 10.6 Å². The zero-order valence-corrected chi connectivity index (χ0v) is 15.9. The Morgan fingerprint density at radius 3 is 2.77 bits per heavy atom. The molecule has 0 bridgehead atoms. The Kier molecular flexibility index (Phi) is 5.63. The van der Waals surface area contributed by atoms with Crippen molar-refractivity contribution in [1.29, 1.82) is 0 Å². The number of amides is 1. The van der Waals surface area contributed by atoms with E-state index in [2.05, 4.69) is 15.3 Å². The van der Waals surface area contributed by atoms with Crippen molar-refractivity contribution in [2.24, 2.45) is 0 Å². The van der Waals surface area contributed by atoms with Crippen LogP contribution in [0.15, 0.2) is 42.7 Å². The highest BCUT2D eigenvalue weighted by Crippen LogP contribution is 2.27. The predicted octanol–water partition coefficient (Wildman–Crippen LogP) is 3.83. The average Bonchev–Trinajstić information content (AvgIpc) is 3.02. The van der Waals surface area contributed by atoms with E-state index >= 15 is 0 Å². The summed E-state index contributed by atoms with van der Waals surface area (Å²) in [5.74, 6) is 0.551. The highest BCUT2D eigenvalue weighted by atomic mass is 32.1. The van der Waals surface area contributed by atoms with Gasteiger partial charge in [-0.15, -0.1) is 11.3 Å². The van der Waals surface area contributed by atoms with Gasteiger partial charge >= 0.3 is 0 Å². The van der Waals surface area contributed by atoms with E-state index in [1.807, 2.05) is 51.1 Å². The number of hydrogen-bond donors (Lipinski definition) is 1. The third-order valence-electron chi connectivity index (χ3n) is 4.10. The second-order valence-electron chi connectivity index (χ2n) is 6.08. The predicted molar refractivity (Wildman–Crippen MR) is 103 cm³/mol. The first-order valence-corrected chi connectivity index (χ1v) is 9.18. The summed E-state index contributed by atoms with van der Waals surface area (Å²) in [5.41, 5.74) is 4.25. The molecule has 0 saturated heterocycles. The summed E-state index contributed by atoms with van der Waals surface area (Å²) in [4.78, 5) is 21.8. The molecular formula is C20H21N3O2S. The molecule has 1 amide bonds. The molecule has 0 spiro atoms. The summed E-state index contributed by atoms with van der Waals surface area (Å²) >= 11 is 1.57. The SMILES string of the molecule is Cc1ccc(OCC(=O)NCc2sc(-c3cccnc3)nc2C)cc1C.